The zero-order valence-corrected chi connectivity index (χ0v) is 22.8. The quantitative estimate of drug-likeness (QED) is 0.0772. The van der Waals surface area contributed by atoms with Crippen molar-refractivity contribution in [3.05, 3.63) is 84.9 Å². The van der Waals surface area contributed by atoms with Gasteiger partial charge >= 0.3 is 0 Å². The van der Waals surface area contributed by atoms with Gasteiger partial charge in [0.25, 0.3) is 10.1 Å². The summed E-state index contributed by atoms with van der Waals surface area (Å²) in [7, 11) is -6.92. The Balaban J connectivity index is 1.52. The number of anilines is 1. The zero-order valence-electron chi connectivity index (χ0n) is 21.2. The smallest absolute Gasteiger partial charge is 0.294 e. The molecule has 4 N–H and O–H groups in total. The zero-order chi connectivity index (χ0) is 28.8. The van der Waals surface area contributed by atoms with Gasteiger partial charge in [-0.05, 0) is 65.0 Å². The molecule has 0 atom stereocenters. The van der Waals surface area contributed by atoms with Crippen LogP contribution in [0.5, 0.6) is 5.75 Å². The van der Waals surface area contributed by atoms with E-state index in [2.05, 4.69) is 25.5 Å². The summed E-state index contributed by atoms with van der Waals surface area (Å²) in [5.41, 5.74) is 7.71. The van der Waals surface area contributed by atoms with Gasteiger partial charge in [0.15, 0.2) is 11.4 Å². The van der Waals surface area contributed by atoms with Crippen LogP contribution in [0.15, 0.2) is 115 Å². The predicted octanol–water partition coefficient (Wildman–Crippen LogP) is 7.88. The fourth-order valence-electron chi connectivity index (χ4n) is 4.26. The second-order valence-corrected chi connectivity index (χ2v) is 12.7. The van der Waals surface area contributed by atoms with Crippen molar-refractivity contribution in [1.82, 2.24) is 0 Å². The first-order chi connectivity index (χ1) is 19.6. The molecule has 1 heterocycles. The summed E-state index contributed by atoms with van der Waals surface area (Å²) < 4.78 is 44.0. The lowest BCUT2D eigenvalue weighted by Gasteiger charge is -2.41. The minimum absolute atomic E-state index is 0.0517. The molecule has 14 heteroatoms. The summed E-state index contributed by atoms with van der Waals surface area (Å²) in [4.78, 5) is 0.0622. The third-order valence-corrected chi connectivity index (χ3v) is 8.91. The lowest BCUT2D eigenvalue weighted by molar-refractivity contribution is -0.470. The molecule has 0 bridgehead atoms. The van der Waals surface area contributed by atoms with Crippen LogP contribution in [0.3, 0.4) is 0 Å². The van der Waals surface area contributed by atoms with Gasteiger partial charge in [0, 0.05) is 28.1 Å². The summed E-state index contributed by atoms with van der Waals surface area (Å²) in [5, 5.41) is 34.9. The SMILES string of the molecule is CS1(c2cc3ccc(N)cc3c(O)c2N=Nc2ccc(N=Nc3ccccc3)c3ccc(S(=O)(=O)O)cc23)OOO1. The highest BCUT2D eigenvalue weighted by Gasteiger charge is 2.36. The number of nitrogen functional groups attached to an aromatic ring is 1. The van der Waals surface area contributed by atoms with Crippen molar-refractivity contribution >= 4 is 70.7 Å². The fraction of sp³-hybridized carbons (Fsp3) is 0.0370. The van der Waals surface area contributed by atoms with Crippen molar-refractivity contribution in [3.8, 4) is 5.75 Å². The molecule has 5 aromatic carbocycles. The van der Waals surface area contributed by atoms with Crippen LogP contribution in [0.4, 0.5) is 28.4 Å². The number of fused-ring (bicyclic) bond motifs is 2. The number of rotatable bonds is 6. The minimum atomic E-state index is -4.53. The van der Waals surface area contributed by atoms with E-state index in [-0.39, 0.29) is 22.0 Å². The Morgan fingerprint density at radius 3 is 2.17 bits per heavy atom. The fourth-order valence-corrected chi connectivity index (χ4v) is 5.97. The van der Waals surface area contributed by atoms with Gasteiger partial charge in [-0.25, -0.2) is 0 Å². The van der Waals surface area contributed by atoms with Crippen molar-refractivity contribution < 1.29 is 31.8 Å². The monoisotopic (exact) mass is 591 g/mol. The number of nitrogens with zero attached hydrogens (tertiary/aromatic N) is 4. The Kier molecular flexibility index (Phi) is 6.65. The van der Waals surface area contributed by atoms with Crippen LogP contribution in [-0.4, -0.2) is 24.3 Å². The summed E-state index contributed by atoms with van der Waals surface area (Å²) in [6, 6.07) is 23.1. The number of phenols is 1. The molecule has 0 amide bonds. The lowest BCUT2D eigenvalue weighted by Crippen LogP contribution is -2.18. The van der Waals surface area contributed by atoms with E-state index in [1.165, 1.54) is 18.2 Å². The number of hydrogen-bond donors (Lipinski definition) is 3. The molecule has 1 fully saturated rings. The molecule has 0 spiro atoms. The van der Waals surface area contributed by atoms with Crippen molar-refractivity contribution in [1.29, 1.82) is 0 Å². The van der Waals surface area contributed by atoms with Gasteiger partial charge in [-0.1, -0.05) is 49.6 Å². The summed E-state index contributed by atoms with van der Waals surface area (Å²) in [6.45, 7) is 0. The Labute approximate surface area is 235 Å². The second-order valence-electron chi connectivity index (χ2n) is 9.05. The topological polar surface area (TPSA) is 178 Å². The number of benzene rings is 5. The Morgan fingerprint density at radius 2 is 1.49 bits per heavy atom. The van der Waals surface area contributed by atoms with E-state index >= 15 is 0 Å². The molecule has 1 saturated heterocycles. The van der Waals surface area contributed by atoms with Gasteiger partial charge in [0.1, 0.15) is 0 Å². The molecule has 0 radical (unpaired) electrons. The molecule has 0 aromatic heterocycles. The molecular weight excluding hydrogens is 570 g/mol. The highest BCUT2D eigenvalue weighted by molar-refractivity contribution is 8.25. The maximum absolute atomic E-state index is 11.9. The van der Waals surface area contributed by atoms with E-state index in [0.29, 0.717) is 43.5 Å². The minimum Gasteiger partial charge on any atom is -0.505 e. The summed E-state index contributed by atoms with van der Waals surface area (Å²) in [6.07, 6.45) is 1.66. The first kappa shape index (κ1) is 26.8. The predicted molar refractivity (Wildman–Crippen MR) is 154 cm³/mol. The maximum atomic E-state index is 11.9. The van der Waals surface area contributed by atoms with Crippen LogP contribution in [0, 0.1) is 0 Å². The van der Waals surface area contributed by atoms with Gasteiger partial charge < -0.3 is 10.8 Å². The van der Waals surface area contributed by atoms with Gasteiger partial charge in [0.05, 0.1) is 26.9 Å². The molecule has 6 rings (SSSR count). The first-order valence-corrected chi connectivity index (χ1v) is 15.3. The largest absolute Gasteiger partial charge is 0.505 e. The third-order valence-electron chi connectivity index (χ3n) is 6.32. The van der Waals surface area contributed by atoms with E-state index in [1.54, 1.807) is 54.8 Å². The number of phenolic OH excluding ortho intramolecular Hbond substituents is 1. The standard InChI is InChI=1S/C27H21N5O7S2/c1-40(38-37-39-40)25-13-16-7-8-17(28)14-21(16)27(33)26(25)32-31-24-12-11-23(30-29-18-5-3-2-4-6-18)20-10-9-19(15-22(20)24)41(34,35)36/h2-15,33H,28H2,1H3,(H,34,35,36). The average Bonchev–Trinajstić information content (AvgIpc) is 2.94. The second kappa shape index (κ2) is 10.2. The Bertz CT molecular complexity index is 2000. The summed E-state index contributed by atoms with van der Waals surface area (Å²) >= 11 is 0. The molecule has 1 aliphatic heterocycles. The number of aromatic hydroxyl groups is 1. The van der Waals surface area contributed by atoms with Crippen LogP contribution >= 0.6 is 10.6 Å². The van der Waals surface area contributed by atoms with Crippen molar-refractivity contribution in [2.75, 3.05) is 12.0 Å². The maximum Gasteiger partial charge on any atom is 0.294 e. The summed E-state index contributed by atoms with van der Waals surface area (Å²) in [5.74, 6) is -0.211. The molecule has 1 aliphatic rings. The van der Waals surface area contributed by atoms with Crippen LogP contribution in [0.25, 0.3) is 21.5 Å². The third kappa shape index (κ3) is 5.11. The molecule has 5 aromatic rings. The van der Waals surface area contributed by atoms with Crippen LogP contribution in [0.2, 0.25) is 0 Å². The molecule has 0 aliphatic carbocycles. The number of hydrogen-bond acceptors (Lipinski definition) is 11. The normalized spacial score (nSPS) is 16.0. The van der Waals surface area contributed by atoms with E-state index in [9.17, 15) is 18.1 Å². The highest BCUT2D eigenvalue weighted by atomic mass is 32.3. The Morgan fingerprint density at radius 1 is 0.780 bits per heavy atom. The molecule has 12 nitrogen and oxygen atoms in total. The number of nitrogens with two attached hydrogens (primary N) is 1. The highest BCUT2D eigenvalue weighted by Crippen LogP contribution is 2.66. The molecule has 41 heavy (non-hydrogen) atoms. The molecular formula is C27H21N5O7S2. The van der Waals surface area contributed by atoms with E-state index in [4.69, 9.17) is 14.4 Å². The molecule has 0 saturated carbocycles. The van der Waals surface area contributed by atoms with Gasteiger partial charge in [-0.15, -0.1) is 15.3 Å². The van der Waals surface area contributed by atoms with Gasteiger partial charge in [-0.2, -0.15) is 13.5 Å². The average molecular weight is 592 g/mol. The van der Waals surface area contributed by atoms with Crippen molar-refractivity contribution in [3.63, 3.8) is 0 Å². The first-order valence-electron chi connectivity index (χ1n) is 11.9. The van der Waals surface area contributed by atoms with Crippen LogP contribution in [0.1, 0.15) is 0 Å². The van der Waals surface area contributed by atoms with E-state index < -0.39 is 20.7 Å². The van der Waals surface area contributed by atoms with Gasteiger partial charge in [-0.3, -0.25) is 4.55 Å². The van der Waals surface area contributed by atoms with Crippen molar-refractivity contribution in [2.45, 2.75) is 9.79 Å². The number of azo groups is 2. The van der Waals surface area contributed by atoms with E-state index in [1.807, 2.05) is 18.2 Å². The molecule has 0 unspecified atom stereocenters. The van der Waals surface area contributed by atoms with Crippen molar-refractivity contribution in [2.24, 2.45) is 20.5 Å². The molecule has 208 valence electrons. The Hall–Kier alpha value is -4.44. The van der Waals surface area contributed by atoms with Crippen LogP contribution in [-0.2, 0) is 23.8 Å². The lowest BCUT2D eigenvalue weighted by atomic mass is 10.1. The van der Waals surface area contributed by atoms with E-state index in [0.717, 1.165) is 0 Å². The van der Waals surface area contributed by atoms with Crippen LogP contribution < -0.4 is 5.73 Å². The van der Waals surface area contributed by atoms with Gasteiger partial charge in [0.2, 0.25) is 0 Å².